The maximum absolute atomic E-state index is 11.3. The Morgan fingerprint density at radius 1 is 1.04 bits per heavy atom. The van der Waals surface area contributed by atoms with E-state index >= 15 is 0 Å². The van der Waals surface area contributed by atoms with Crippen molar-refractivity contribution in [2.24, 2.45) is 5.92 Å². The van der Waals surface area contributed by atoms with Crippen molar-refractivity contribution >= 4 is 34.6 Å². The van der Waals surface area contributed by atoms with Crippen LogP contribution in [0.3, 0.4) is 0 Å². The Labute approximate surface area is 151 Å². The zero-order valence-electron chi connectivity index (χ0n) is 14.3. The first-order valence-electron chi connectivity index (χ1n) is 7.77. The van der Waals surface area contributed by atoms with Crippen LogP contribution in [0.2, 0.25) is 0 Å². The zero-order valence-corrected chi connectivity index (χ0v) is 16.0. The molecule has 4 nitrogen and oxygen atoms in total. The fraction of sp³-hybridized carbons (Fsp3) is 0.444. The molecule has 2 rings (SSSR count). The molecule has 0 saturated heterocycles. The third kappa shape index (κ3) is 7.75. The predicted molar refractivity (Wildman–Crippen MR) is 98.5 cm³/mol. The van der Waals surface area contributed by atoms with Gasteiger partial charge in [0.05, 0.1) is 20.1 Å². The molecule has 0 aromatic carbocycles. The van der Waals surface area contributed by atoms with Crippen LogP contribution in [0.5, 0.6) is 0 Å². The lowest BCUT2D eigenvalue weighted by atomic mass is 9.99. The minimum Gasteiger partial charge on any atom is -0.469 e. The summed E-state index contributed by atoms with van der Waals surface area (Å²) >= 11 is 3.31. The van der Waals surface area contributed by atoms with Gasteiger partial charge in [0.15, 0.2) is 0 Å². The molecule has 1 unspecified atom stereocenters. The smallest absolute Gasteiger partial charge is 0.308 e. The highest BCUT2D eigenvalue weighted by atomic mass is 32.1. The molecule has 0 aliphatic heterocycles. The highest BCUT2D eigenvalue weighted by Crippen LogP contribution is 2.15. The van der Waals surface area contributed by atoms with Crippen molar-refractivity contribution in [2.75, 3.05) is 14.2 Å². The molecule has 0 radical (unpaired) electrons. The maximum atomic E-state index is 11.3. The van der Waals surface area contributed by atoms with Crippen molar-refractivity contribution in [1.29, 1.82) is 0 Å². The van der Waals surface area contributed by atoms with Crippen molar-refractivity contribution in [2.45, 2.75) is 32.6 Å². The lowest BCUT2D eigenvalue weighted by Crippen LogP contribution is -2.17. The van der Waals surface area contributed by atoms with E-state index in [0.717, 1.165) is 19.3 Å². The first kappa shape index (κ1) is 20.4. The van der Waals surface area contributed by atoms with Gasteiger partial charge in [-0.25, -0.2) is 0 Å². The number of thiophene rings is 2. The molecular weight excluding hydrogens is 344 g/mol. The molecule has 2 aromatic rings. The van der Waals surface area contributed by atoms with Gasteiger partial charge < -0.3 is 9.47 Å². The molecule has 2 aromatic heterocycles. The molecule has 24 heavy (non-hydrogen) atoms. The van der Waals surface area contributed by atoms with Crippen LogP contribution in [0.25, 0.3) is 0 Å². The molecule has 0 fully saturated rings. The van der Waals surface area contributed by atoms with E-state index in [0.29, 0.717) is 6.42 Å². The summed E-state index contributed by atoms with van der Waals surface area (Å²) in [6, 6.07) is 4.07. The van der Waals surface area contributed by atoms with Gasteiger partial charge >= 0.3 is 11.9 Å². The first-order chi connectivity index (χ1) is 11.6. The van der Waals surface area contributed by atoms with E-state index in [4.69, 9.17) is 4.74 Å². The van der Waals surface area contributed by atoms with Crippen molar-refractivity contribution in [1.82, 2.24) is 0 Å². The molecule has 6 heteroatoms. The predicted octanol–water partition coefficient (Wildman–Crippen LogP) is 4.34. The van der Waals surface area contributed by atoms with Crippen LogP contribution in [0.15, 0.2) is 33.7 Å². The Balaban J connectivity index is 0.000000243. The van der Waals surface area contributed by atoms with Crippen LogP contribution < -0.4 is 0 Å². The second-order valence-electron chi connectivity index (χ2n) is 5.17. The summed E-state index contributed by atoms with van der Waals surface area (Å²) < 4.78 is 9.23. The third-order valence-electron chi connectivity index (χ3n) is 3.52. The van der Waals surface area contributed by atoms with E-state index in [9.17, 15) is 9.59 Å². The van der Waals surface area contributed by atoms with Crippen LogP contribution in [0.4, 0.5) is 0 Å². The molecule has 0 aliphatic carbocycles. The van der Waals surface area contributed by atoms with Crippen LogP contribution in [0, 0.1) is 5.92 Å². The largest absolute Gasteiger partial charge is 0.469 e. The summed E-state index contributed by atoms with van der Waals surface area (Å²) in [6.07, 6.45) is 2.90. The average Bonchev–Trinajstić information content (AvgIpc) is 3.31. The molecule has 2 heterocycles. The lowest BCUT2D eigenvalue weighted by Gasteiger charge is -2.10. The molecule has 0 spiro atoms. The van der Waals surface area contributed by atoms with Gasteiger partial charge in [-0.05, 0) is 64.0 Å². The summed E-state index contributed by atoms with van der Waals surface area (Å²) in [4.78, 5) is 21.9. The third-order valence-corrected chi connectivity index (χ3v) is 4.98. The van der Waals surface area contributed by atoms with Gasteiger partial charge in [0.25, 0.3) is 0 Å². The minimum atomic E-state index is -0.142. The van der Waals surface area contributed by atoms with Crippen molar-refractivity contribution in [3.63, 3.8) is 0 Å². The molecule has 0 saturated carbocycles. The van der Waals surface area contributed by atoms with Gasteiger partial charge in [-0.3, -0.25) is 9.59 Å². The van der Waals surface area contributed by atoms with Crippen LogP contribution in [0.1, 0.15) is 30.9 Å². The van der Waals surface area contributed by atoms with Crippen molar-refractivity contribution < 1.29 is 19.1 Å². The zero-order chi connectivity index (χ0) is 17.8. The molecular formula is C18H24O4S2. The van der Waals surface area contributed by atoms with Crippen molar-refractivity contribution in [3.05, 3.63) is 44.8 Å². The fourth-order valence-electron chi connectivity index (χ4n) is 2.04. The topological polar surface area (TPSA) is 52.6 Å². The summed E-state index contributed by atoms with van der Waals surface area (Å²) in [7, 11) is 2.86. The fourth-order valence-corrected chi connectivity index (χ4v) is 3.42. The van der Waals surface area contributed by atoms with Crippen LogP contribution in [-0.2, 0) is 31.9 Å². The van der Waals surface area contributed by atoms with Gasteiger partial charge in [0.2, 0.25) is 0 Å². The lowest BCUT2D eigenvalue weighted by molar-refractivity contribution is -0.145. The Bertz CT molecular complexity index is 576. The number of aryl methyl sites for hydroxylation is 1. The number of hydrogen-bond donors (Lipinski definition) is 0. The Morgan fingerprint density at radius 2 is 1.67 bits per heavy atom. The van der Waals surface area contributed by atoms with E-state index in [1.165, 1.54) is 25.3 Å². The number of carbonyl (C=O) groups is 2. The molecule has 1 atom stereocenters. The highest BCUT2D eigenvalue weighted by molar-refractivity contribution is 7.08. The van der Waals surface area contributed by atoms with Gasteiger partial charge in [0.1, 0.15) is 0 Å². The SMILES string of the molecule is CCC(Cc1ccsc1)C(=O)OC.COC(=O)CCc1ccsc1. The number of methoxy groups -OCH3 is 2. The molecule has 0 aliphatic rings. The minimum absolute atomic E-state index is 0.0135. The van der Waals surface area contributed by atoms with E-state index < -0.39 is 0 Å². The van der Waals surface area contributed by atoms with Crippen LogP contribution in [-0.4, -0.2) is 26.2 Å². The number of rotatable bonds is 7. The van der Waals surface area contributed by atoms with Gasteiger partial charge in [-0.15, -0.1) is 0 Å². The summed E-state index contributed by atoms with van der Waals surface area (Å²) in [6.45, 7) is 2.01. The first-order valence-corrected chi connectivity index (χ1v) is 9.66. The second kappa shape index (κ2) is 11.8. The molecule has 0 amide bonds. The molecule has 132 valence electrons. The standard InChI is InChI=1S/C10H14O2S.C8H10O2S/c1-3-9(10(11)12-2)6-8-4-5-13-7-8;1-10-8(9)3-2-7-4-5-11-6-7/h4-5,7,9H,3,6H2,1-2H3;4-6H,2-3H2,1H3. The van der Waals surface area contributed by atoms with Gasteiger partial charge in [0, 0.05) is 6.42 Å². The number of ether oxygens (including phenoxy) is 2. The van der Waals surface area contributed by atoms with E-state index in [2.05, 4.69) is 16.2 Å². The van der Waals surface area contributed by atoms with E-state index in [1.807, 2.05) is 29.1 Å². The Kier molecular flexibility index (Phi) is 10.0. The molecule has 0 bridgehead atoms. The van der Waals surface area contributed by atoms with E-state index in [-0.39, 0.29) is 17.9 Å². The normalized spacial score (nSPS) is 11.1. The van der Waals surface area contributed by atoms with Crippen LogP contribution >= 0.6 is 22.7 Å². The Morgan fingerprint density at radius 3 is 2.12 bits per heavy atom. The number of carbonyl (C=O) groups excluding carboxylic acids is 2. The quantitative estimate of drug-likeness (QED) is 0.682. The molecule has 0 N–H and O–H groups in total. The summed E-state index contributed by atoms with van der Waals surface area (Å²) in [5, 5.41) is 8.15. The average molecular weight is 369 g/mol. The van der Waals surface area contributed by atoms with Crippen molar-refractivity contribution in [3.8, 4) is 0 Å². The van der Waals surface area contributed by atoms with Gasteiger partial charge in [-0.1, -0.05) is 6.92 Å². The monoisotopic (exact) mass is 368 g/mol. The number of esters is 2. The highest BCUT2D eigenvalue weighted by Gasteiger charge is 2.17. The second-order valence-corrected chi connectivity index (χ2v) is 6.73. The summed E-state index contributed by atoms with van der Waals surface area (Å²) in [5.41, 5.74) is 2.43. The number of hydrogen-bond acceptors (Lipinski definition) is 6. The Hall–Kier alpha value is -1.66. The summed E-state index contributed by atoms with van der Waals surface area (Å²) in [5.74, 6) is -0.232. The van der Waals surface area contributed by atoms with Gasteiger partial charge in [-0.2, -0.15) is 22.7 Å². The van der Waals surface area contributed by atoms with E-state index in [1.54, 1.807) is 22.7 Å². The maximum Gasteiger partial charge on any atom is 0.308 e.